The summed E-state index contributed by atoms with van der Waals surface area (Å²) in [6, 6.07) is 22.7. The van der Waals surface area contributed by atoms with Gasteiger partial charge in [-0.2, -0.15) is 0 Å². The Morgan fingerprint density at radius 2 is 1.59 bits per heavy atom. The molecule has 0 aliphatic carbocycles. The molecule has 0 saturated carbocycles. The fourth-order valence-electron chi connectivity index (χ4n) is 3.31. The lowest BCUT2D eigenvalue weighted by molar-refractivity contribution is 0.704. The second-order valence-electron chi connectivity index (χ2n) is 6.76. The van der Waals surface area contributed by atoms with Crippen LogP contribution in [0.1, 0.15) is 18.9 Å². The van der Waals surface area contributed by atoms with E-state index in [9.17, 15) is 0 Å². The molecule has 0 radical (unpaired) electrons. The Labute approximate surface area is 164 Å². The highest BCUT2D eigenvalue weighted by atomic mass is 35.5. The van der Waals surface area contributed by atoms with Crippen LogP contribution in [-0.4, -0.2) is 9.55 Å². The van der Waals surface area contributed by atoms with Gasteiger partial charge in [0, 0.05) is 23.5 Å². The minimum atomic E-state index is 0.748. The molecule has 1 N–H and O–H groups in total. The summed E-state index contributed by atoms with van der Waals surface area (Å²) in [4.78, 5) is 4.84. The van der Waals surface area contributed by atoms with Crippen LogP contribution >= 0.6 is 11.6 Å². The van der Waals surface area contributed by atoms with Gasteiger partial charge in [0.05, 0.1) is 16.1 Å². The zero-order valence-corrected chi connectivity index (χ0v) is 16.3. The van der Waals surface area contributed by atoms with Crippen LogP contribution in [0.15, 0.2) is 66.7 Å². The van der Waals surface area contributed by atoms with E-state index in [2.05, 4.69) is 72.3 Å². The van der Waals surface area contributed by atoms with Crippen LogP contribution in [-0.2, 0) is 6.54 Å². The molecule has 3 aromatic carbocycles. The Bertz CT molecular complexity index is 1060. The van der Waals surface area contributed by atoms with Gasteiger partial charge < -0.3 is 9.88 Å². The fraction of sp³-hybridized carbons (Fsp3) is 0.174. The lowest BCUT2D eigenvalue weighted by Crippen LogP contribution is -2.00. The van der Waals surface area contributed by atoms with Crippen LogP contribution in [0.25, 0.3) is 22.4 Å². The van der Waals surface area contributed by atoms with Crippen molar-refractivity contribution in [3.63, 3.8) is 0 Å². The predicted molar refractivity (Wildman–Crippen MR) is 115 cm³/mol. The topological polar surface area (TPSA) is 29.9 Å². The van der Waals surface area contributed by atoms with Crippen molar-refractivity contribution in [2.75, 3.05) is 5.32 Å². The quantitative estimate of drug-likeness (QED) is 0.414. The van der Waals surface area contributed by atoms with Crippen LogP contribution in [0.3, 0.4) is 0 Å². The Hall–Kier alpha value is -2.78. The van der Waals surface area contributed by atoms with E-state index in [0.29, 0.717) is 0 Å². The largest absolute Gasteiger partial charge is 0.356 e. The molecule has 0 saturated heterocycles. The molecule has 1 heterocycles. The molecule has 0 bridgehead atoms. The molecule has 0 spiro atoms. The standard InChI is InChI=1S/C23H22ClN3/c1-3-15-27-22-20(24)5-4-6-21(22)26-23(27)17-9-13-19(14-10-17)25-18-11-7-16(2)8-12-18/h4-14,25H,3,15H2,1-2H3. The molecule has 3 nitrogen and oxygen atoms in total. The highest BCUT2D eigenvalue weighted by molar-refractivity contribution is 6.35. The van der Waals surface area contributed by atoms with Crippen molar-refractivity contribution in [2.45, 2.75) is 26.8 Å². The molecule has 0 aliphatic heterocycles. The molecular formula is C23H22ClN3. The van der Waals surface area contributed by atoms with Gasteiger partial charge in [-0.15, -0.1) is 0 Å². The molecular weight excluding hydrogens is 354 g/mol. The zero-order valence-electron chi connectivity index (χ0n) is 15.5. The summed E-state index contributed by atoms with van der Waals surface area (Å²) in [5, 5.41) is 4.18. The van der Waals surface area contributed by atoms with Crippen molar-refractivity contribution in [3.8, 4) is 11.4 Å². The molecule has 1 aromatic heterocycles. The monoisotopic (exact) mass is 375 g/mol. The van der Waals surface area contributed by atoms with Gasteiger partial charge in [0.25, 0.3) is 0 Å². The maximum atomic E-state index is 6.45. The first kappa shape index (κ1) is 17.6. The fourth-order valence-corrected chi connectivity index (χ4v) is 3.58. The van der Waals surface area contributed by atoms with E-state index < -0.39 is 0 Å². The maximum Gasteiger partial charge on any atom is 0.141 e. The van der Waals surface area contributed by atoms with Gasteiger partial charge >= 0.3 is 0 Å². The highest BCUT2D eigenvalue weighted by Gasteiger charge is 2.14. The second-order valence-corrected chi connectivity index (χ2v) is 7.17. The number of anilines is 2. The van der Waals surface area contributed by atoms with Crippen molar-refractivity contribution in [2.24, 2.45) is 0 Å². The number of hydrogen-bond acceptors (Lipinski definition) is 2. The van der Waals surface area contributed by atoms with E-state index in [4.69, 9.17) is 16.6 Å². The number of aryl methyl sites for hydroxylation is 2. The van der Waals surface area contributed by atoms with Gasteiger partial charge in [0.1, 0.15) is 5.82 Å². The van der Waals surface area contributed by atoms with E-state index in [-0.39, 0.29) is 0 Å². The van der Waals surface area contributed by atoms with Crippen molar-refractivity contribution in [1.29, 1.82) is 0 Å². The number of benzene rings is 3. The van der Waals surface area contributed by atoms with Crippen LogP contribution in [0.5, 0.6) is 0 Å². The van der Waals surface area contributed by atoms with Gasteiger partial charge in [-0.05, 0) is 61.9 Å². The Balaban J connectivity index is 1.68. The number of hydrogen-bond donors (Lipinski definition) is 1. The molecule has 0 aliphatic rings. The van der Waals surface area contributed by atoms with Crippen molar-refractivity contribution < 1.29 is 0 Å². The number of rotatable bonds is 5. The average molecular weight is 376 g/mol. The van der Waals surface area contributed by atoms with Crippen molar-refractivity contribution >= 4 is 34.0 Å². The van der Waals surface area contributed by atoms with Gasteiger partial charge in [-0.25, -0.2) is 4.98 Å². The van der Waals surface area contributed by atoms with Crippen LogP contribution in [0.2, 0.25) is 5.02 Å². The minimum Gasteiger partial charge on any atom is -0.356 e. The number of nitrogens with zero attached hydrogens (tertiary/aromatic N) is 2. The van der Waals surface area contributed by atoms with E-state index in [1.54, 1.807) is 0 Å². The number of imidazole rings is 1. The Kier molecular flexibility index (Phi) is 4.87. The zero-order chi connectivity index (χ0) is 18.8. The van der Waals surface area contributed by atoms with E-state index in [0.717, 1.165) is 51.8 Å². The van der Waals surface area contributed by atoms with Gasteiger partial charge in [0.2, 0.25) is 0 Å². The number of para-hydroxylation sites is 1. The molecule has 0 fully saturated rings. The maximum absolute atomic E-state index is 6.45. The number of fused-ring (bicyclic) bond motifs is 1. The van der Waals surface area contributed by atoms with Gasteiger partial charge in [-0.1, -0.05) is 42.3 Å². The molecule has 136 valence electrons. The summed E-state index contributed by atoms with van der Waals surface area (Å²) in [6.45, 7) is 5.15. The second kappa shape index (κ2) is 7.45. The summed E-state index contributed by atoms with van der Waals surface area (Å²) in [7, 11) is 0. The summed E-state index contributed by atoms with van der Waals surface area (Å²) in [5.41, 5.74) is 6.43. The number of nitrogens with one attached hydrogen (secondary N) is 1. The predicted octanol–water partition coefficient (Wildman–Crippen LogP) is 6.82. The minimum absolute atomic E-state index is 0.748. The molecule has 4 rings (SSSR count). The molecule has 0 atom stereocenters. The van der Waals surface area contributed by atoms with Gasteiger partial charge in [-0.3, -0.25) is 0 Å². The first-order valence-electron chi connectivity index (χ1n) is 9.24. The third-order valence-corrected chi connectivity index (χ3v) is 4.95. The van der Waals surface area contributed by atoms with Crippen LogP contribution < -0.4 is 5.32 Å². The molecule has 4 aromatic rings. The van der Waals surface area contributed by atoms with E-state index >= 15 is 0 Å². The van der Waals surface area contributed by atoms with Crippen molar-refractivity contribution in [1.82, 2.24) is 9.55 Å². The summed E-state index contributed by atoms with van der Waals surface area (Å²) < 4.78 is 2.22. The molecule has 0 amide bonds. The number of halogens is 1. The Morgan fingerprint density at radius 3 is 2.26 bits per heavy atom. The first-order valence-corrected chi connectivity index (χ1v) is 9.62. The van der Waals surface area contributed by atoms with E-state index in [1.165, 1.54) is 5.56 Å². The Morgan fingerprint density at radius 1 is 0.926 bits per heavy atom. The van der Waals surface area contributed by atoms with E-state index in [1.807, 2.05) is 18.2 Å². The van der Waals surface area contributed by atoms with Crippen LogP contribution in [0.4, 0.5) is 11.4 Å². The third-order valence-electron chi connectivity index (χ3n) is 4.65. The van der Waals surface area contributed by atoms with Gasteiger partial charge in [0.15, 0.2) is 0 Å². The smallest absolute Gasteiger partial charge is 0.141 e. The highest BCUT2D eigenvalue weighted by Crippen LogP contribution is 2.30. The average Bonchev–Trinajstić information content (AvgIpc) is 3.04. The molecule has 4 heteroatoms. The molecule has 27 heavy (non-hydrogen) atoms. The van der Waals surface area contributed by atoms with Crippen LogP contribution in [0, 0.1) is 6.92 Å². The lowest BCUT2D eigenvalue weighted by atomic mass is 10.1. The number of aromatic nitrogens is 2. The third kappa shape index (κ3) is 3.56. The lowest BCUT2D eigenvalue weighted by Gasteiger charge is -2.10. The summed E-state index contributed by atoms with van der Waals surface area (Å²) in [6.07, 6.45) is 1.02. The normalized spacial score (nSPS) is 11.1. The summed E-state index contributed by atoms with van der Waals surface area (Å²) >= 11 is 6.45. The van der Waals surface area contributed by atoms with Crippen molar-refractivity contribution in [3.05, 3.63) is 77.3 Å². The summed E-state index contributed by atoms with van der Waals surface area (Å²) in [5.74, 6) is 0.960. The first-order chi connectivity index (χ1) is 13.2. The SMILES string of the molecule is CCCn1c(-c2ccc(Nc3ccc(C)cc3)cc2)nc2cccc(Cl)c21. The molecule has 0 unspecified atom stereocenters.